The lowest BCUT2D eigenvalue weighted by molar-refractivity contribution is -0.125. The van der Waals surface area contributed by atoms with Crippen molar-refractivity contribution >= 4 is 44.7 Å². The third kappa shape index (κ3) is 3.94. The summed E-state index contributed by atoms with van der Waals surface area (Å²) in [6.45, 7) is 4.23. The molecule has 1 amide bonds. The van der Waals surface area contributed by atoms with E-state index in [4.69, 9.17) is 11.6 Å². The Kier molecular flexibility index (Phi) is 5.32. The highest BCUT2D eigenvalue weighted by atomic mass is 35.5. The number of carbonyl (C=O) groups is 1. The monoisotopic (exact) mass is 399 g/mol. The second kappa shape index (κ2) is 7.87. The van der Waals surface area contributed by atoms with Crippen LogP contribution in [-0.2, 0) is 11.3 Å². The number of aromatic nitrogens is 1. The van der Waals surface area contributed by atoms with Crippen molar-refractivity contribution in [2.75, 3.05) is 18.0 Å². The van der Waals surface area contributed by atoms with Gasteiger partial charge in [-0.2, -0.15) is 0 Å². The highest BCUT2D eigenvalue weighted by Gasteiger charge is 2.27. The number of carbonyl (C=O) groups excluding carboxylic acids is 1. The number of piperidine rings is 1. The third-order valence-electron chi connectivity index (χ3n) is 5.05. The van der Waals surface area contributed by atoms with Crippen LogP contribution in [0.2, 0.25) is 5.02 Å². The molecule has 0 radical (unpaired) electrons. The van der Waals surface area contributed by atoms with E-state index >= 15 is 0 Å². The van der Waals surface area contributed by atoms with Gasteiger partial charge < -0.3 is 10.2 Å². The summed E-state index contributed by atoms with van der Waals surface area (Å²) < 4.78 is 1.25. The van der Waals surface area contributed by atoms with E-state index in [2.05, 4.69) is 34.3 Å². The summed E-state index contributed by atoms with van der Waals surface area (Å²) in [5.41, 5.74) is 0.945. The number of hydrogen-bond acceptors (Lipinski definition) is 4. The predicted octanol–water partition coefficient (Wildman–Crippen LogP) is 4.79. The molecule has 1 atom stereocenters. The molecule has 0 spiro atoms. The van der Waals surface area contributed by atoms with Gasteiger partial charge in [-0.3, -0.25) is 4.79 Å². The first-order chi connectivity index (χ1) is 13.1. The minimum atomic E-state index is -0.0296. The fourth-order valence-electron chi connectivity index (χ4n) is 3.68. The number of nitrogens with zero attached hydrogens (tertiary/aromatic N) is 2. The number of thiophene rings is 1. The minimum absolute atomic E-state index is 0.0296. The van der Waals surface area contributed by atoms with Crippen molar-refractivity contribution in [2.45, 2.75) is 26.3 Å². The average molecular weight is 400 g/mol. The van der Waals surface area contributed by atoms with E-state index in [9.17, 15) is 4.79 Å². The van der Waals surface area contributed by atoms with Gasteiger partial charge in [0.25, 0.3) is 0 Å². The van der Waals surface area contributed by atoms with Gasteiger partial charge in [0, 0.05) is 45.8 Å². The quantitative estimate of drug-likeness (QED) is 0.685. The van der Waals surface area contributed by atoms with Crippen molar-refractivity contribution < 1.29 is 4.79 Å². The van der Waals surface area contributed by atoms with Gasteiger partial charge in [0.2, 0.25) is 5.91 Å². The number of aryl methyl sites for hydroxylation is 1. The fraction of sp³-hybridized carbons (Fsp3) is 0.333. The summed E-state index contributed by atoms with van der Waals surface area (Å²) in [6, 6.07) is 11.9. The Bertz CT molecular complexity index is 971. The molecule has 3 aromatic rings. The second-order valence-corrected chi connectivity index (χ2v) is 8.69. The van der Waals surface area contributed by atoms with Crippen LogP contribution in [0.5, 0.6) is 0 Å². The Balaban J connectivity index is 1.46. The Morgan fingerprint density at radius 2 is 2.22 bits per heavy atom. The summed E-state index contributed by atoms with van der Waals surface area (Å²) in [4.78, 5) is 20.9. The number of nitrogens with one attached hydrogen (secondary N) is 1. The van der Waals surface area contributed by atoms with Crippen molar-refractivity contribution in [1.29, 1.82) is 0 Å². The van der Waals surface area contributed by atoms with Crippen molar-refractivity contribution in [3.63, 3.8) is 0 Å². The predicted molar refractivity (Wildman–Crippen MR) is 113 cm³/mol. The van der Waals surface area contributed by atoms with E-state index < -0.39 is 0 Å². The van der Waals surface area contributed by atoms with Crippen molar-refractivity contribution in [2.24, 2.45) is 5.92 Å². The van der Waals surface area contributed by atoms with Crippen LogP contribution in [0, 0.1) is 12.8 Å². The number of hydrogen-bond donors (Lipinski definition) is 1. The lowest BCUT2D eigenvalue weighted by Gasteiger charge is -2.33. The molecular formula is C21H22ClN3OS. The maximum Gasteiger partial charge on any atom is 0.225 e. The van der Waals surface area contributed by atoms with Crippen molar-refractivity contribution in [3.05, 3.63) is 58.1 Å². The Morgan fingerprint density at radius 3 is 3.07 bits per heavy atom. The fourth-order valence-corrected chi connectivity index (χ4v) is 4.80. The maximum atomic E-state index is 12.7. The van der Waals surface area contributed by atoms with E-state index in [1.165, 1.54) is 15.0 Å². The summed E-state index contributed by atoms with van der Waals surface area (Å²) in [5, 5.41) is 4.93. The molecule has 1 N–H and O–H groups in total. The molecule has 3 heterocycles. The van der Waals surface area contributed by atoms with Crippen molar-refractivity contribution in [1.82, 2.24) is 10.3 Å². The van der Waals surface area contributed by atoms with Crippen molar-refractivity contribution in [3.8, 4) is 0 Å². The molecule has 1 aromatic carbocycles. The van der Waals surface area contributed by atoms with Crippen LogP contribution in [-0.4, -0.2) is 24.0 Å². The van der Waals surface area contributed by atoms with Crippen LogP contribution in [0.1, 0.15) is 23.3 Å². The molecule has 4 nitrogen and oxygen atoms in total. The van der Waals surface area contributed by atoms with E-state index in [0.29, 0.717) is 18.1 Å². The average Bonchev–Trinajstić information content (AvgIpc) is 3.07. The Morgan fingerprint density at radius 1 is 1.37 bits per heavy atom. The number of benzene rings is 1. The molecule has 1 saturated heterocycles. The van der Waals surface area contributed by atoms with Crippen LogP contribution >= 0.6 is 22.9 Å². The smallest absolute Gasteiger partial charge is 0.225 e. The maximum absolute atomic E-state index is 12.7. The number of fused-ring (bicyclic) bond motifs is 1. The molecule has 27 heavy (non-hydrogen) atoms. The van der Waals surface area contributed by atoms with E-state index in [-0.39, 0.29) is 11.8 Å². The molecule has 4 rings (SSSR count). The molecule has 1 unspecified atom stereocenters. The standard InChI is InChI=1S/C21H22ClN3OS/c1-14-11-17-19(27-14)8-9-23-20(17)25-10-4-6-16(13-25)21(26)24-12-15-5-2-3-7-18(15)22/h2-3,5,7-9,11,16H,4,6,10,12-13H2,1H3,(H,24,26). The summed E-state index contributed by atoms with van der Waals surface area (Å²) in [6.07, 6.45) is 3.77. The molecule has 1 fully saturated rings. The zero-order valence-corrected chi connectivity index (χ0v) is 16.8. The van der Waals surface area contributed by atoms with E-state index in [0.717, 1.165) is 30.8 Å². The first-order valence-corrected chi connectivity index (χ1v) is 10.4. The SMILES string of the molecule is Cc1cc2c(N3CCCC(C(=O)NCc4ccccc4Cl)C3)nccc2s1. The van der Waals surface area contributed by atoms with Gasteiger partial charge in [0.1, 0.15) is 5.82 Å². The number of halogens is 1. The van der Waals surface area contributed by atoms with Gasteiger partial charge in [0.15, 0.2) is 0 Å². The zero-order chi connectivity index (χ0) is 18.8. The van der Waals surface area contributed by atoms with Gasteiger partial charge in [-0.1, -0.05) is 29.8 Å². The summed E-state index contributed by atoms with van der Waals surface area (Å²) in [7, 11) is 0. The Hall–Kier alpha value is -2.11. The van der Waals surface area contributed by atoms with Crippen LogP contribution in [0.3, 0.4) is 0 Å². The molecule has 1 aliphatic heterocycles. The lowest BCUT2D eigenvalue weighted by Crippen LogP contribution is -2.43. The topological polar surface area (TPSA) is 45.2 Å². The van der Waals surface area contributed by atoms with Crippen LogP contribution in [0.4, 0.5) is 5.82 Å². The van der Waals surface area contributed by atoms with Gasteiger partial charge in [-0.25, -0.2) is 4.98 Å². The third-order valence-corrected chi connectivity index (χ3v) is 6.43. The number of amides is 1. The first-order valence-electron chi connectivity index (χ1n) is 9.23. The van der Waals surface area contributed by atoms with E-state index in [1.807, 2.05) is 30.5 Å². The highest BCUT2D eigenvalue weighted by molar-refractivity contribution is 7.19. The number of rotatable bonds is 4. The van der Waals surface area contributed by atoms with Gasteiger partial charge in [0.05, 0.1) is 5.92 Å². The second-order valence-electron chi connectivity index (χ2n) is 7.00. The Labute approximate surface area is 168 Å². The van der Waals surface area contributed by atoms with Crippen LogP contribution in [0.15, 0.2) is 42.6 Å². The first kappa shape index (κ1) is 18.3. The zero-order valence-electron chi connectivity index (χ0n) is 15.2. The minimum Gasteiger partial charge on any atom is -0.355 e. The van der Waals surface area contributed by atoms with E-state index in [1.54, 1.807) is 11.3 Å². The largest absolute Gasteiger partial charge is 0.355 e. The van der Waals surface area contributed by atoms with Gasteiger partial charge in [-0.15, -0.1) is 11.3 Å². The molecule has 0 aliphatic carbocycles. The summed E-state index contributed by atoms with van der Waals surface area (Å²) >= 11 is 7.97. The summed E-state index contributed by atoms with van der Waals surface area (Å²) in [5.74, 6) is 1.06. The lowest BCUT2D eigenvalue weighted by atomic mass is 9.96. The molecule has 6 heteroatoms. The molecule has 0 bridgehead atoms. The van der Waals surface area contributed by atoms with Gasteiger partial charge >= 0.3 is 0 Å². The molecule has 140 valence electrons. The molecule has 2 aromatic heterocycles. The number of pyridine rings is 1. The van der Waals surface area contributed by atoms with Crippen LogP contribution < -0.4 is 10.2 Å². The molecule has 1 aliphatic rings. The van der Waals surface area contributed by atoms with Crippen LogP contribution in [0.25, 0.3) is 10.1 Å². The van der Waals surface area contributed by atoms with Gasteiger partial charge in [-0.05, 0) is 43.5 Å². The molecule has 0 saturated carbocycles. The molecular weight excluding hydrogens is 378 g/mol. The highest BCUT2D eigenvalue weighted by Crippen LogP contribution is 2.33. The number of anilines is 1. The normalized spacial score (nSPS) is 17.3.